The molecule has 0 aliphatic heterocycles. The molecule has 0 heterocycles. The number of alkyl halides is 3. The minimum Gasteiger partial charge on any atom is -0.380 e. The van der Waals surface area contributed by atoms with Gasteiger partial charge in [-0.25, -0.2) is 0 Å². The van der Waals surface area contributed by atoms with Crippen molar-refractivity contribution in [2.75, 3.05) is 13.7 Å². The average molecular weight is 303 g/mol. The third-order valence-electron chi connectivity index (χ3n) is 3.53. The zero-order valence-corrected chi connectivity index (χ0v) is 12.8. The van der Waals surface area contributed by atoms with Gasteiger partial charge in [-0.3, -0.25) is 0 Å². The molecule has 0 aromatic heterocycles. The van der Waals surface area contributed by atoms with Crippen LogP contribution in [-0.2, 0) is 17.3 Å². The van der Waals surface area contributed by atoms with E-state index in [9.17, 15) is 13.2 Å². The summed E-state index contributed by atoms with van der Waals surface area (Å²) in [5, 5.41) is 3.36. The minimum absolute atomic E-state index is 0.0669. The van der Waals surface area contributed by atoms with Gasteiger partial charge >= 0.3 is 6.18 Å². The highest BCUT2D eigenvalue weighted by Gasteiger charge is 2.30. The van der Waals surface area contributed by atoms with Gasteiger partial charge in [0.1, 0.15) is 0 Å². The molecule has 2 nitrogen and oxygen atoms in total. The fourth-order valence-corrected chi connectivity index (χ4v) is 2.45. The molecule has 0 aliphatic rings. The summed E-state index contributed by atoms with van der Waals surface area (Å²) in [4.78, 5) is 0. The molecule has 21 heavy (non-hydrogen) atoms. The number of benzene rings is 1. The van der Waals surface area contributed by atoms with Crippen molar-refractivity contribution in [2.45, 2.75) is 51.4 Å². The molecule has 0 saturated heterocycles. The molecule has 5 heteroatoms. The highest BCUT2D eigenvalue weighted by atomic mass is 19.4. The van der Waals surface area contributed by atoms with Gasteiger partial charge in [0, 0.05) is 13.2 Å². The van der Waals surface area contributed by atoms with E-state index in [1.54, 1.807) is 19.2 Å². The second-order valence-corrected chi connectivity index (χ2v) is 5.13. The molecule has 0 spiro atoms. The summed E-state index contributed by atoms with van der Waals surface area (Å²) in [6, 6.07) is 5.48. The maximum atomic E-state index is 12.6. The highest BCUT2D eigenvalue weighted by molar-refractivity contribution is 5.25. The second-order valence-electron chi connectivity index (χ2n) is 5.13. The fourth-order valence-electron chi connectivity index (χ4n) is 2.45. The first kappa shape index (κ1) is 18.0. The predicted octanol–water partition coefficient (Wildman–Crippen LogP) is 4.04. The Hall–Kier alpha value is -1.07. The molecular formula is C16H24F3NO. The van der Waals surface area contributed by atoms with Crippen molar-refractivity contribution in [1.82, 2.24) is 5.32 Å². The largest absolute Gasteiger partial charge is 0.416 e. The number of hydrogen-bond donors (Lipinski definition) is 1. The molecule has 1 aromatic carbocycles. The van der Waals surface area contributed by atoms with E-state index in [2.05, 4.69) is 12.2 Å². The molecule has 0 bridgehead atoms. The summed E-state index contributed by atoms with van der Waals surface area (Å²) in [6.07, 6.45) is -1.62. The standard InChI is InChI=1S/C16H24F3NO/c1-4-6-15(21-3)14(20-5-2)11-12-7-9-13(10-8-12)16(17,18)19/h7-10,14-15,20H,4-6,11H2,1-3H3. The summed E-state index contributed by atoms with van der Waals surface area (Å²) < 4.78 is 43.2. The lowest BCUT2D eigenvalue weighted by Crippen LogP contribution is -2.42. The van der Waals surface area contributed by atoms with Gasteiger partial charge in [0.15, 0.2) is 0 Å². The summed E-state index contributed by atoms with van der Waals surface area (Å²) >= 11 is 0. The third kappa shape index (κ3) is 5.67. The van der Waals surface area contributed by atoms with Crippen LogP contribution in [0.15, 0.2) is 24.3 Å². The molecule has 0 fully saturated rings. The van der Waals surface area contributed by atoms with E-state index in [0.29, 0.717) is 6.42 Å². The van der Waals surface area contributed by atoms with Crippen molar-refractivity contribution in [3.63, 3.8) is 0 Å². The van der Waals surface area contributed by atoms with Gasteiger partial charge < -0.3 is 10.1 Å². The number of rotatable bonds is 8. The van der Waals surface area contributed by atoms with E-state index in [1.165, 1.54) is 0 Å². The first-order chi connectivity index (χ1) is 9.92. The van der Waals surface area contributed by atoms with Gasteiger partial charge in [-0.2, -0.15) is 13.2 Å². The Kier molecular flexibility index (Phi) is 7.18. The molecule has 120 valence electrons. The number of ether oxygens (including phenoxy) is 1. The Morgan fingerprint density at radius 2 is 1.76 bits per heavy atom. The van der Waals surface area contributed by atoms with Crippen LogP contribution in [0.2, 0.25) is 0 Å². The van der Waals surface area contributed by atoms with Crippen LogP contribution < -0.4 is 5.32 Å². The number of hydrogen-bond acceptors (Lipinski definition) is 2. The normalized spacial score (nSPS) is 15.0. The van der Waals surface area contributed by atoms with Crippen molar-refractivity contribution in [2.24, 2.45) is 0 Å². The van der Waals surface area contributed by atoms with Gasteiger partial charge in [0.05, 0.1) is 11.7 Å². The Balaban J connectivity index is 2.79. The van der Waals surface area contributed by atoms with Crippen LogP contribution in [0.3, 0.4) is 0 Å². The second kappa shape index (κ2) is 8.39. The van der Waals surface area contributed by atoms with Crippen molar-refractivity contribution < 1.29 is 17.9 Å². The lowest BCUT2D eigenvalue weighted by molar-refractivity contribution is -0.137. The predicted molar refractivity (Wildman–Crippen MR) is 78.3 cm³/mol. The summed E-state index contributed by atoms with van der Waals surface area (Å²) in [5.74, 6) is 0. The Bertz CT molecular complexity index is 403. The van der Waals surface area contributed by atoms with Crippen LogP contribution >= 0.6 is 0 Å². The quantitative estimate of drug-likeness (QED) is 0.782. The van der Waals surface area contributed by atoms with Crippen LogP contribution in [0.1, 0.15) is 37.8 Å². The fraction of sp³-hybridized carbons (Fsp3) is 0.625. The molecule has 2 unspecified atom stereocenters. The SMILES string of the molecule is CCCC(OC)C(Cc1ccc(C(F)(F)F)cc1)NCC. The molecule has 1 aromatic rings. The monoisotopic (exact) mass is 303 g/mol. The molecule has 1 rings (SSSR count). The van der Waals surface area contributed by atoms with Crippen LogP contribution in [0.25, 0.3) is 0 Å². The smallest absolute Gasteiger partial charge is 0.380 e. The zero-order chi connectivity index (χ0) is 15.9. The van der Waals surface area contributed by atoms with E-state index in [4.69, 9.17) is 4.74 Å². The maximum absolute atomic E-state index is 12.6. The first-order valence-corrected chi connectivity index (χ1v) is 7.34. The summed E-state index contributed by atoms with van der Waals surface area (Å²) in [7, 11) is 1.68. The van der Waals surface area contributed by atoms with E-state index < -0.39 is 11.7 Å². The third-order valence-corrected chi connectivity index (χ3v) is 3.53. The van der Waals surface area contributed by atoms with Crippen LogP contribution in [0.5, 0.6) is 0 Å². The first-order valence-electron chi connectivity index (χ1n) is 7.34. The van der Waals surface area contributed by atoms with Crippen molar-refractivity contribution in [3.8, 4) is 0 Å². The molecule has 2 atom stereocenters. The van der Waals surface area contributed by atoms with Gasteiger partial charge in [0.25, 0.3) is 0 Å². The van der Waals surface area contributed by atoms with Crippen LogP contribution in [0, 0.1) is 0 Å². The topological polar surface area (TPSA) is 21.3 Å². The maximum Gasteiger partial charge on any atom is 0.416 e. The minimum atomic E-state index is -4.28. The Morgan fingerprint density at radius 3 is 2.19 bits per heavy atom. The molecule has 0 radical (unpaired) electrons. The average Bonchev–Trinajstić information content (AvgIpc) is 2.44. The summed E-state index contributed by atoms with van der Waals surface area (Å²) in [6.45, 7) is 4.90. The number of methoxy groups -OCH3 is 1. The lowest BCUT2D eigenvalue weighted by atomic mass is 9.97. The molecular weight excluding hydrogens is 279 g/mol. The van der Waals surface area contributed by atoms with Gasteiger partial charge in [-0.1, -0.05) is 32.4 Å². The molecule has 0 saturated carbocycles. The van der Waals surface area contributed by atoms with Gasteiger partial charge in [0.2, 0.25) is 0 Å². The van der Waals surface area contributed by atoms with E-state index in [-0.39, 0.29) is 12.1 Å². The highest BCUT2D eigenvalue weighted by Crippen LogP contribution is 2.29. The number of nitrogens with one attached hydrogen (secondary N) is 1. The summed E-state index contributed by atoms with van der Waals surface area (Å²) in [5.41, 5.74) is 0.273. The van der Waals surface area contributed by atoms with E-state index in [0.717, 1.165) is 37.1 Å². The van der Waals surface area contributed by atoms with E-state index in [1.807, 2.05) is 6.92 Å². The van der Waals surface area contributed by atoms with Crippen LogP contribution in [0.4, 0.5) is 13.2 Å². The van der Waals surface area contributed by atoms with Gasteiger partial charge in [-0.05, 0) is 37.1 Å². The van der Waals surface area contributed by atoms with Crippen molar-refractivity contribution in [3.05, 3.63) is 35.4 Å². The Morgan fingerprint density at radius 1 is 1.14 bits per heavy atom. The molecule has 0 aliphatic carbocycles. The van der Waals surface area contributed by atoms with Crippen LogP contribution in [-0.4, -0.2) is 25.8 Å². The molecule has 1 N–H and O–H groups in total. The van der Waals surface area contributed by atoms with Gasteiger partial charge in [-0.15, -0.1) is 0 Å². The number of likely N-dealkylation sites (N-methyl/N-ethyl adjacent to an activating group) is 1. The van der Waals surface area contributed by atoms with Crippen molar-refractivity contribution >= 4 is 0 Å². The van der Waals surface area contributed by atoms with Crippen molar-refractivity contribution in [1.29, 1.82) is 0 Å². The zero-order valence-electron chi connectivity index (χ0n) is 12.8. The Labute approximate surface area is 124 Å². The number of halogens is 3. The lowest BCUT2D eigenvalue weighted by Gasteiger charge is -2.27. The molecule has 0 amide bonds. The van der Waals surface area contributed by atoms with E-state index >= 15 is 0 Å².